The van der Waals surface area contributed by atoms with E-state index in [2.05, 4.69) is 10.4 Å². The van der Waals surface area contributed by atoms with Crippen LogP contribution < -0.4 is 5.32 Å². The average Bonchev–Trinajstić information content (AvgIpc) is 3.41. The van der Waals surface area contributed by atoms with Crippen molar-refractivity contribution >= 4 is 11.6 Å². The first-order valence-electron chi connectivity index (χ1n) is 9.70. The number of hydrogen-bond donors (Lipinski definition) is 1. The minimum Gasteiger partial charge on any atom is -0.460 e. The van der Waals surface area contributed by atoms with Crippen molar-refractivity contribution < 1.29 is 14.1 Å². The molecule has 8 heteroatoms. The maximum absolute atomic E-state index is 13.2. The second-order valence-corrected chi connectivity index (χ2v) is 7.12. The Labute approximate surface area is 178 Å². The van der Waals surface area contributed by atoms with Crippen LogP contribution in [0.15, 0.2) is 77.2 Å². The van der Waals surface area contributed by atoms with Crippen LogP contribution in [0.2, 0.25) is 0 Å². The minimum atomic E-state index is -0.485. The van der Waals surface area contributed by atoms with Crippen molar-refractivity contribution in [2.24, 2.45) is 0 Å². The van der Waals surface area contributed by atoms with Crippen molar-refractivity contribution in [3.63, 3.8) is 0 Å². The zero-order chi connectivity index (χ0) is 22.0. The van der Waals surface area contributed by atoms with Gasteiger partial charge in [0, 0.05) is 18.2 Å². The maximum atomic E-state index is 13.2. The monoisotopic (exact) mass is 416 g/mol. The Morgan fingerprint density at radius 1 is 1.10 bits per heavy atom. The smallest absolute Gasteiger partial charge is 0.271 e. The van der Waals surface area contributed by atoms with E-state index in [1.54, 1.807) is 30.3 Å². The number of amides is 1. The Morgan fingerprint density at radius 3 is 2.55 bits per heavy atom. The largest absolute Gasteiger partial charge is 0.460 e. The standard InChI is InChI=1S/C23H20N4O4/c1-15-11-12-22(31-15)20-14-21(23(28)24-16(2)17-7-4-3-5-8-17)26(25-20)18-9-6-10-19(13-18)27(29)30/h3-14,16H,1-2H3,(H,24,28)/t16-/m0/s1. The first-order chi connectivity index (χ1) is 14.9. The third-order valence-corrected chi connectivity index (χ3v) is 4.87. The molecule has 8 nitrogen and oxygen atoms in total. The van der Waals surface area contributed by atoms with E-state index in [0.29, 0.717) is 22.9 Å². The Morgan fingerprint density at radius 2 is 1.87 bits per heavy atom. The topological polar surface area (TPSA) is 103 Å². The molecule has 4 rings (SSSR count). The fourth-order valence-corrected chi connectivity index (χ4v) is 3.27. The maximum Gasteiger partial charge on any atom is 0.271 e. The molecular formula is C23H20N4O4. The number of benzene rings is 2. The van der Waals surface area contributed by atoms with Crippen molar-refractivity contribution in [3.05, 3.63) is 99.9 Å². The number of nitro benzene ring substituents is 1. The molecule has 1 amide bonds. The predicted molar refractivity (Wildman–Crippen MR) is 115 cm³/mol. The van der Waals surface area contributed by atoms with Crippen LogP contribution in [0, 0.1) is 17.0 Å². The predicted octanol–water partition coefficient (Wildman–Crippen LogP) is 4.84. The molecule has 0 aliphatic heterocycles. The van der Waals surface area contributed by atoms with Gasteiger partial charge in [-0.1, -0.05) is 36.4 Å². The van der Waals surface area contributed by atoms with E-state index < -0.39 is 4.92 Å². The van der Waals surface area contributed by atoms with Crippen LogP contribution in [0.5, 0.6) is 0 Å². The van der Waals surface area contributed by atoms with Crippen LogP contribution in [-0.2, 0) is 0 Å². The Hall–Kier alpha value is -4.20. The van der Waals surface area contributed by atoms with Gasteiger partial charge in [0.15, 0.2) is 5.76 Å². The van der Waals surface area contributed by atoms with Crippen LogP contribution in [0.1, 0.15) is 34.8 Å². The number of non-ortho nitro benzene ring substituents is 1. The van der Waals surface area contributed by atoms with Crippen LogP contribution in [-0.4, -0.2) is 20.6 Å². The van der Waals surface area contributed by atoms with Crippen LogP contribution in [0.4, 0.5) is 5.69 Å². The summed E-state index contributed by atoms with van der Waals surface area (Å²) in [6.45, 7) is 3.70. The number of rotatable bonds is 6. The van der Waals surface area contributed by atoms with E-state index in [0.717, 1.165) is 5.56 Å². The summed E-state index contributed by atoms with van der Waals surface area (Å²) in [4.78, 5) is 23.9. The molecule has 0 saturated heterocycles. The van der Waals surface area contributed by atoms with Gasteiger partial charge in [-0.2, -0.15) is 5.10 Å². The zero-order valence-corrected chi connectivity index (χ0v) is 17.0. The van der Waals surface area contributed by atoms with Crippen LogP contribution in [0.3, 0.4) is 0 Å². The second kappa shape index (κ2) is 8.27. The Bertz CT molecular complexity index is 1240. The number of aryl methyl sites for hydroxylation is 1. The molecule has 0 aliphatic carbocycles. The SMILES string of the molecule is Cc1ccc(-c2cc(C(=O)N[C@@H](C)c3ccccc3)n(-c3cccc([N+](=O)[O-])c3)n2)o1. The highest BCUT2D eigenvalue weighted by molar-refractivity contribution is 5.94. The molecule has 156 valence electrons. The molecule has 0 aliphatic rings. The number of hydrogen-bond acceptors (Lipinski definition) is 5. The third-order valence-electron chi connectivity index (χ3n) is 4.87. The summed E-state index contributed by atoms with van der Waals surface area (Å²) in [7, 11) is 0. The fraction of sp³-hybridized carbons (Fsp3) is 0.130. The molecule has 0 unspecified atom stereocenters. The molecule has 31 heavy (non-hydrogen) atoms. The molecule has 2 aromatic carbocycles. The molecule has 0 spiro atoms. The van der Waals surface area contributed by atoms with E-state index in [9.17, 15) is 14.9 Å². The van der Waals surface area contributed by atoms with Gasteiger partial charge in [-0.05, 0) is 37.6 Å². The van der Waals surface area contributed by atoms with Crippen molar-refractivity contribution in [1.29, 1.82) is 0 Å². The van der Waals surface area contributed by atoms with Gasteiger partial charge >= 0.3 is 0 Å². The van der Waals surface area contributed by atoms with E-state index in [-0.39, 0.29) is 23.3 Å². The Balaban J connectivity index is 1.74. The number of nitrogens with one attached hydrogen (secondary N) is 1. The second-order valence-electron chi connectivity index (χ2n) is 7.12. The third kappa shape index (κ3) is 4.23. The number of carbonyl (C=O) groups is 1. The summed E-state index contributed by atoms with van der Waals surface area (Å²) in [6.07, 6.45) is 0. The molecule has 4 aromatic rings. The summed E-state index contributed by atoms with van der Waals surface area (Å²) in [5, 5.41) is 18.7. The molecule has 2 aromatic heterocycles. The highest BCUT2D eigenvalue weighted by Gasteiger charge is 2.21. The summed E-state index contributed by atoms with van der Waals surface area (Å²) in [5.41, 5.74) is 1.97. The van der Waals surface area contributed by atoms with Gasteiger partial charge in [-0.15, -0.1) is 0 Å². The van der Waals surface area contributed by atoms with Crippen molar-refractivity contribution in [2.75, 3.05) is 0 Å². The number of carbonyl (C=O) groups excluding carboxylic acids is 1. The normalized spacial score (nSPS) is 11.8. The highest BCUT2D eigenvalue weighted by Crippen LogP contribution is 2.25. The minimum absolute atomic E-state index is 0.0904. The highest BCUT2D eigenvalue weighted by atomic mass is 16.6. The van der Waals surface area contributed by atoms with E-state index >= 15 is 0 Å². The summed E-state index contributed by atoms with van der Waals surface area (Å²) in [5.74, 6) is 0.861. The Kier molecular flexibility index (Phi) is 5.36. The van der Waals surface area contributed by atoms with Gasteiger partial charge < -0.3 is 9.73 Å². The van der Waals surface area contributed by atoms with Crippen molar-refractivity contribution in [3.8, 4) is 17.1 Å². The molecule has 0 radical (unpaired) electrons. The number of furan rings is 1. The van der Waals surface area contributed by atoms with Crippen molar-refractivity contribution in [2.45, 2.75) is 19.9 Å². The summed E-state index contributed by atoms with van der Waals surface area (Å²) in [6, 6.07) is 20.5. The van der Waals surface area contributed by atoms with Crippen LogP contribution >= 0.6 is 0 Å². The van der Waals surface area contributed by atoms with Gasteiger partial charge in [0.25, 0.3) is 11.6 Å². The van der Waals surface area contributed by atoms with Crippen molar-refractivity contribution in [1.82, 2.24) is 15.1 Å². The molecule has 0 saturated carbocycles. The summed E-state index contributed by atoms with van der Waals surface area (Å²) < 4.78 is 7.05. The summed E-state index contributed by atoms with van der Waals surface area (Å²) >= 11 is 0. The molecule has 1 atom stereocenters. The molecule has 0 fully saturated rings. The van der Waals surface area contributed by atoms with E-state index in [1.165, 1.54) is 16.8 Å². The van der Waals surface area contributed by atoms with Gasteiger partial charge in [-0.3, -0.25) is 14.9 Å². The number of nitrogens with zero attached hydrogens (tertiary/aromatic N) is 3. The lowest BCUT2D eigenvalue weighted by atomic mass is 10.1. The lowest BCUT2D eigenvalue weighted by Gasteiger charge is -2.15. The molecule has 2 heterocycles. The first-order valence-corrected chi connectivity index (χ1v) is 9.70. The average molecular weight is 416 g/mol. The number of aromatic nitrogens is 2. The lowest BCUT2D eigenvalue weighted by Crippen LogP contribution is -2.28. The fourth-order valence-electron chi connectivity index (χ4n) is 3.27. The van der Waals surface area contributed by atoms with Gasteiger partial charge in [0.1, 0.15) is 17.1 Å². The molecule has 1 N–H and O–H groups in total. The van der Waals surface area contributed by atoms with Gasteiger partial charge in [0.2, 0.25) is 0 Å². The molecule has 0 bridgehead atoms. The van der Waals surface area contributed by atoms with Gasteiger partial charge in [-0.25, -0.2) is 4.68 Å². The first kappa shape index (κ1) is 20.1. The zero-order valence-electron chi connectivity index (χ0n) is 17.0. The van der Waals surface area contributed by atoms with E-state index in [1.807, 2.05) is 44.2 Å². The quantitative estimate of drug-likeness (QED) is 0.358. The van der Waals surface area contributed by atoms with Crippen LogP contribution in [0.25, 0.3) is 17.1 Å². The van der Waals surface area contributed by atoms with E-state index in [4.69, 9.17) is 4.42 Å². The number of nitro groups is 1. The molecular weight excluding hydrogens is 396 g/mol. The van der Waals surface area contributed by atoms with Gasteiger partial charge in [0.05, 0.1) is 16.7 Å². The lowest BCUT2D eigenvalue weighted by molar-refractivity contribution is -0.384.